The zero-order chi connectivity index (χ0) is 23.0. The van der Waals surface area contributed by atoms with Gasteiger partial charge in [0.2, 0.25) is 11.8 Å². The molecule has 0 heterocycles. The topological polar surface area (TPSA) is 49.4 Å². The van der Waals surface area contributed by atoms with E-state index in [1.807, 2.05) is 52.0 Å². The van der Waals surface area contributed by atoms with E-state index >= 15 is 0 Å². The zero-order valence-electron chi connectivity index (χ0n) is 19.9. The molecule has 4 nitrogen and oxygen atoms in total. The van der Waals surface area contributed by atoms with Gasteiger partial charge in [0, 0.05) is 19.0 Å². The van der Waals surface area contributed by atoms with Gasteiger partial charge in [-0.25, -0.2) is 0 Å². The highest BCUT2D eigenvalue weighted by Gasteiger charge is 2.26. The van der Waals surface area contributed by atoms with Crippen LogP contribution in [0.4, 0.5) is 0 Å². The van der Waals surface area contributed by atoms with Crippen LogP contribution >= 0.6 is 0 Å². The van der Waals surface area contributed by atoms with Crippen LogP contribution in [0.5, 0.6) is 0 Å². The lowest BCUT2D eigenvalue weighted by molar-refractivity contribution is -0.140. The number of nitrogens with one attached hydrogen (secondary N) is 1. The van der Waals surface area contributed by atoms with Crippen molar-refractivity contribution < 1.29 is 9.59 Å². The summed E-state index contributed by atoms with van der Waals surface area (Å²) in [6.45, 7) is 12.7. The fraction of sp³-hybridized carbons (Fsp3) is 0.481. The molecule has 168 valence electrons. The maximum absolute atomic E-state index is 13.3. The minimum atomic E-state index is -0.524. The van der Waals surface area contributed by atoms with Gasteiger partial charge in [0.05, 0.1) is 0 Å². The molecule has 0 fully saturated rings. The summed E-state index contributed by atoms with van der Waals surface area (Å²) in [7, 11) is 0. The minimum absolute atomic E-state index is 0.00277. The quantitative estimate of drug-likeness (QED) is 0.559. The van der Waals surface area contributed by atoms with Gasteiger partial charge >= 0.3 is 0 Å². The summed E-state index contributed by atoms with van der Waals surface area (Å²) < 4.78 is 0. The molecule has 0 saturated heterocycles. The van der Waals surface area contributed by atoms with Gasteiger partial charge in [0.1, 0.15) is 6.04 Å². The van der Waals surface area contributed by atoms with Crippen molar-refractivity contribution in [2.75, 3.05) is 0 Å². The van der Waals surface area contributed by atoms with E-state index in [2.05, 4.69) is 43.4 Å². The molecule has 0 aromatic heterocycles. The molecule has 0 unspecified atom stereocenters. The van der Waals surface area contributed by atoms with Crippen LogP contribution in [0.2, 0.25) is 0 Å². The van der Waals surface area contributed by atoms with Gasteiger partial charge in [-0.1, -0.05) is 69.3 Å². The van der Waals surface area contributed by atoms with Crippen molar-refractivity contribution in [2.24, 2.45) is 0 Å². The second kappa shape index (κ2) is 11.7. The van der Waals surface area contributed by atoms with Gasteiger partial charge in [0.25, 0.3) is 0 Å². The van der Waals surface area contributed by atoms with E-state index in [9.17, 15) is 9.59 Å². The maximum atomic E-state index is 13.3. The van der Waals surface area contributed by atoms with Crippen molar-refractivity contribution in [3.05, 3.63) is 70.8 Å². The van der Waals surface area contributed by atoms with Crippen molar-refractivity contribution in [3.63, 3.8) is 0 Å². The Hall–Kier alpha value is -2.62. The molecule has 2 rings (SSSR count). The first-order valence-corrected chi connectivity index (χ1v) is 11.5. The molecule has 4 heteroatoms. The molecule has 0 aliphatic rings. The Morgan fingerprint density at radius 2 is 1.61 bits per heavy atom. The molecule has 2 amide bonds. The maximum Gasteiger partial charge on any atom is 0.242 e. The van der Waals surface area contributed by atoms with Crippen LogP contribution in [0.15, 0.2) is 48.5 Å². The predicted molar refractivity (Wildman–Crippen MR) is 128 cm³/mol. The molecule has 0 aliphatic carbocycles. The number of benzene rings is 2. The molecule has 2 atom stereocenters. The molecule has 2 aromatic rings. The predicted octanol–water partition coefficient (Wildman–Crippen LogP) is 5.38. The SMILES string of the molecule is CC[C@@H](C)NC(=O)[C@H](C)N(Cc1ccccc1C)C(=O)CCc1ccc(C(C)C)cc1. The number of hydrogen-bond donors (Lipinski definition) is 1. The molecule has 0 aliphatic heterocycles. The average molecular weight is 423 g/mol. The first kappa shape index (κ1) is 24.6. The fourth-order valence-electron chi connectivity index (χ4n) is 3.48. The highest BCUT2D eigenvalue weighted by molar-refractivity contribution is 5.87. The van der Waals surface area contributed by atoms with Crippen LogP contribution in [0, 0.1) is 6.92 Å². The Kier molecular flexibility index (Phi) is 9.29. The summed E-state index contributed by atoms with van der Waals surface area (Å²) in [5.74, 6) is 0.394. The van der Waals surface area contributed by atoms with Crippen LogP contribution in [0.3, 0.4) is 0 Å². The highest BCUT2D eigenvalue weighted by Crippen LogP contribution is 2.18. The lowest BCUT2D eigenvalue weighted by atomic mass is 10.00. The Morgan fingerprint density at radius 1 is 0.968 bits per heavy atom. The Balaban J connectivity index is 2.14. The smallest absolute Gasteiger partial charge is 0.242 e. The lowest BCUT2D eigenvalue weighted by Gasteiger charge is -2.30. The molecular formula is C27H38N2O2. The van der Waals surface area contributed by atoms with Crippen LogP contribution in [-0.4, -0.2) is 28.8 Å². The standard InChI is InChI=1S/C27H38N2O2/c1-7-21(5)28-27(31)22(6)29(18-25-11-9-8-10-20(25)4)26(30)17-14-23-12-15-24(16-13-23)19(2)3/h8-13,15-16,19,21-22H,7,14,17-18H2,1-6H3,(H,28,31)/t21-,22+/m1/s1. The Morgan fingerprint density at radius 3 is 2.19 bits per heavy atom. The molecule has 2 aromatic carbocycles. The third-order valence-electron chi connectivity index (χ3n) is 6.04. The van der Waals surface area contributed by atoms with E-state index in [4.69, 9.17) is 0 Å². The van der Waals surface area contributed by atoms with E-state index in [0.717, 1.165) is 23.1 Å². The van der Waals surface area contributed by atoms with Crippen molar-refractivity contribution in [3.8, 4) is 0 Å². The third-order valence-corrected chi connectivity index (χ3v) is 6.04. The van der Waals surface area contributed by atoms with Gasteiger partial charge in [-0.3, -0.25) is 9.59 Å². The highest BCUT2D eigenvalue weighted by atomic mass is 16.2. The monoisotopic (exact) mass is 422 g/mol. The van der Waals surface area contributed by atoms with E-state index in [1.165, 1.54) is 5.56 Å². The molecular weight excluding hydrogens is 384 g/mol. The Bertz CT molecular complexity index is 858. The first-order valence-electron chi connectivity index (χ1n) is 11.5. The summed E-state index contributed by atoms with van der Waals surface area (Å²) >= 11 is 0. The first-order chi connectivity index (χ1) is 14.7. The molecule has 0 radical (unpaired) electrons. The number of aryl methyl sites for hydroxylation is 2. The van der Waals surface area contributed by atoms with E-state index in [-0.39, 0.29) is 17.9 Å². The summed E-state index contributed by atoms with van der Waals surface area (Å²) in [6.07, 6.45) is 1.91. The number of carbonyl (C=O) groups excluding carboxylic acids is 2. The van der Waals surface area contributed by atoms with Gasteiger partial charge in [-0.05, 0) is 61.8 Å². The third kappa shape index (κ3) is 7.23. The summed E-state index contributed by atoms with van der Waals surface area (Å²) in [4.78, 5) is 27.8. The van der Waals surface area contributed by atoms with Gasteiger partial charge in [-0.15, -0.1) is 0 Å². The lowest BCUT2D eigenvalue weighted by Crippen LogP contribution is -2.49. The van der Waals surface area contributed by atoms with E-state index < -0.39 is 6.04 Å². The average Bonchev–Trinajstić information content (AvgIpc) is 2.76. The van der Waals surface area contributed by atoms with Crippen LogP contribution in [0.1, 0.15) is 75.6 Å². The number of rotatable bonds is 10. The van der Waals surface area contributed by atoms with Crippen molar-refractivity contribution in [1.82, 2.24) is 10.2 Å². The van der Waals surface area contributed by atoms with Crippen molar-refractivity contribution in [1.29, 1.82) is 0 Å². The normalized spacial score (nSPS) is 13.0. The van der Waals surface area contributed by atoms with E-state index in [1.54, 1.807) is 4.90 Å². The molecule has 31 heavy (non-hydrogen) atoms. The van der Waals surface area contributed by atoms with Crippen LogP contribution < -0.4 is 5.32 Å². The fourth-order valence-corrected chi connectivity index (χ4v) is 3.48. The second-order valence-corrected chi connectivity index (χ2v) is 8.84. The zero-order valence-corrected chi connectivity index (χ0v) is 19.9. The number of hydrogen-bond acceptors (Lipinski definition) is 2. The molecule has 0 spiro atoms. The second-order valence-electron chi connectivity index (χ2n) is 8.84. The molecule has 0 saturated carbocycles. The van der Waals surface area contributed by atoms with E-state index in [0.29, 0.717) is 25.3 Å². The Labute approximate surface area is 188 Å². The number of carbonyl (C=O) groups is 2. The molecule has 1 N–H and O–H groups in total. The molecule has 0 bridgehead atoms. The summed E-state index contributed by atoms with van der Waals surface area (Å²) in [6, 6.07) is 16.1. The van der Waals surface area contributed by atoms with Gasteiger partial charge in [0.15, 0.2) is 0 Å². The summed E-state index contributed by atoms with van der Waals surface area (Å²) in [5, 5.41) is 3.02. The summed E-state index contributed by atoms with van der Waals surface area (Å²) in [5.41, 5.74) is 4.64. The van der Waals surface area contributed by atoms with Crippen LogP contribution in [0.25, 0.3) is 0 Å². The van der Waals surface area contributed by atoms with Crippen molar-refractivity contribution >= 4 is 11.8 Å². The minimum Gasteiger partial charge on any atom is -0.352 e. The number of nitrogens with zero attached hydrogens (tertiary/aromatic N) is 1. The van der Waals surface area contributed by atoms with Gasteiger partial charge < -0.3 is 10.2 Å². The number of amides is 2. The van der Waals surface area contributed by atoms with Crippen LogP contribution in [-0.2, 0) is 22.6 Å². The van der Waals surface area contributed by atoms with Crippen molar-refractivity contribution in [2.45, 2.75) is 85.4 Å². The van der Waals surface area contributed by atoms with Gasteiger partial charge in [-0.2, -0.15) is 0 Å². The largest absolute Gasteiger partial charge is 0.352 e.